The Morgan fingerprint density at radius 1 is 1.26 bits per heavy atom. The van der Waals surface area contributed by atoms with E-state index in [1.807, 2.05) is 24.3 Å². The van der Waals surface area contributed by atoms with E-state index in [0.29, 0.717) is 22.1 Å². The number of carbonyl (C=O) groups excluding carboxylic acids is 1. The molecule has 23 heavy (non-hydrogen) atoms. The van der Waals surface area contributed by atoms with Gasteiger partial charge in [0.15, 0.2) is 0 Å². The van der Waals surface area contributed by atoms with Gasteiger partial charge in [-0.3, -0.25) is 5.21 Å². The quantitative estimate of drug-likeness (QED) is 0.611. The third kappa shape index (κ3) is 4.24. The number of hydrogen-bond acceptors (Lipinski definition) is 4. The molecule has 0 aromatic heterocycles. The van der Waals surface area contributed by atoms with Crippen molar-refractivity contribution >= 4 is 27.7 Å². The highest BCUT2D eigenvalue weighted by molar-refractivity contribution is 9.10. The highest BCUT2D eigenvalue weighted by Gasteiger charge is 2.17. The minimum atomic E-state index is -0.856. The van der Waals surface area contributed by atoms with Crippen LogP contribution in [0.5, 0.6) is 5.75 Å². The molecule has 122 valence electrons. The molecule has 2 rings (SSSR count). The van der Waals surface area contributed by atoms with Gasteiger partial charge in [-0.2, -0.15) is 5.06 Å². The normalized spacial score (nSPS) is 10.3. The molecular weight excluding hydrogens is 362 g/mol. The van der Waals surface area contributed by atoms with Crippen LogP contribution in [0.2, 0.25) is 0 Å². The summed E-state index contributed by atoms with van der Waals surface area (Å²) in [6.45, 7) is 2.29. The van der Waals surface area contributed by atoms with Crippen LogP contribution >= 0.6 is 15.9 Å². The standard InChI is InChI=1S/C17H18BrNO4/c1-3-12-8-9-16(14(18)10-12)23-11-13-6-4-5-7-15(13)19(21)17(20)22-2/h4-10,21H,3,11H2,1-2H3. The lowest BCUT2D eigenvalue weighted by atomic mass is 10.1. The summed E-state index contributed by atoms with van der Waals surface area (Å²) < 4.78 is 11.2. The zero-order valence-electron chi connectivity index (χ0n) is 13.0. The van der Waals surface area contributed by atoms with Crippen LogP contribution in [0, 0.1) is 0 Å². The molecule has 1 N–H and O–H groups in total. The van der Waals surface area contributed by atoms with Crippen molar-refractivity contribution in [3.63, 3.8) is 0 Å². The maximum absolute atomic E-state index is 11.5. The number of halogens is 1. The molecule has 2 aromatic rings. The van der Waals surface area contributed by atoms with Crippen LogP contribution in [0.1, 0.15) is 18.1 Å². The molecule has 0 aliphatic heterocycles. The number of aryl methyl sites for hydroxylation is 1. The highest BCUT2D eigenvalue weighted by atomic mass is 79.9. The first kappa shape index (κ1) is 17.3. The van der Waals surface area contributed by atoms with Gasteiger partial charge in [0.05, 0.1) is 17.3 Å². The fourth-order valence-electron chi connectivity index (χ4n) is 2.06. The number of hydrogen-bond donors (Lipinski definition) is 1. The zero-order chi connectivity index (χ0) is 16.8. The Morgan fingerprint density at radius 3 is 2.65 bits per heavy atom. The van der Waals surface area contributed by atoms with Crippen molar-refractivity contribution in [1.29, 1.82) is 0 Å². The van der Waals surface area contributed by atoms with Gasteiger partial charge in [0.25, 0.3) is 0 Å². The van der Waals surface area contributed by atoms with Crippen LogP contribution in [-0.4, -0.2) is 18.4 Å². The number of para-hydroxylation sites is 1. The van der Waals surface area contributed by atoms with Gasteiger partial charge in [0.2, 0.25) is 0 Å². The maximum Gasteiger partial charge on any atom is 0.438 e. The molecule has 0 atom stereocenters. The lowest BCUT2D eigenvalue weighted by Gasteiger charge is -2.17. The second-order valence-electron chi connectivity index (χ2n) is 4.82. The fourth-order valence-corrected chi connectivity index (χ4v) is 2.60. The summed E-state index contributed by atoms with van der Waals surface area (Å²) in [5.74, 6) is 0.694. The monoisotopic (exact) mass is 379 g/mol. The lowest BCUT2D eigenvalue weighted by Crippen LogP contribution is -2.27. The third-order valence-corrected chi connectivity index (χ3v) is 3.97. The molecular formula is C17H18BrNO4. The minimum Gasteiger partial charge on any atom is -0.488 e. The Morgan fingerprint density at radius 2 is 2.00 bits per heavy atom. The Kier molecular flexibility index (Phi) is 6.01. The number of nitrogens with zero attached hydrogens (tertiary/aromatic N) is 1. The first-order valence-electron chi connectivity index (χ1n) is 7.13. The van der Waals surface area contributed by atoms with Crippen LogP contribution in [0.4, 0.5) is 10.5 Å². The van der Waals surface area contributed by atoms with Gasteiger partial charge in [-0.05, 0) is 46.1 Å². The van der Waals surface area contributed by atoms with Crippen molar-refractivity contribution in [3.05, 3.63) is 58.1 Å². The van der Waals surface area contributed by atoms with Crippen LogP contribution in [0.3, 0.4) is 0 Å². The molecule has 0 saturated carbocycles. The van der Waals surface area contributed by atoms with E-state index in [9.17, 15) is 10.0 Å². The summed E-state index contributed by atoms with van der Waals surface area (Å²) in [4.78, 5) is 11.5. The van der Waals surface area contributed by atoms with Crippen molar-refractivity contribution in [1.82, 2.24) is 0 Å². The van der Waals surface area contributed by atoms with Gasteiger partial charge >= 0.3 is 6.09 Å². The smallest absolute Gasteiger partial charge is 0.438 e. The molecule has 0 bridgehead atoms. The van der Waals surface area contributed by atoms with E-state index < -0.39 is 6.09 Å². The Hall–Kier alpha value is -2.05. The van der Waals surface area contributed by atoms with Crippen LogP contribution < -0.4 is 9.80 Å². The van der Waals surface area contributed by atoms with Crippen LogP contribution in [0.15, 0.2) is 46.9 Å². The molecule has 0 unspecified atom stereocenters. The van der Waals surface area contributed by atoms with Gasteiger partial charge in [-0.25, -0.2) is 4.79 Å². The van der Waals surface area contributed by atoms with Crippen molar-refractivity contribution in [2.24, 2.45) is 0 Å². The molecule has 0 fully saturated rings. The molecule has 6 heteroatoms. The molecule has 0 spiro atoms. The number of amides is 1. The van der Waals surface area contributed by atoms with Crippen molar-refractivity contribution in [3.8, 4) is 5.75 Å². The van der Waals surface area contributed by atoms with E-state index in [0.717, 1.165) is 10.9 Å². The number of carbonyl (C=O) groups is 1. The summed E-state index contributed by atoms with van der Waals surface area (Å²) in [5.41, 5.74) is 2.18. The number of rotatable bonds is 5. The highest BCUT2D eigenvalue weighted by Crippen LogP contribution is 2.28. The Labute approximate surface area is 143 Å². The number of benzene rings is 2. The van der Waals surface area contributed by atoms with Crippen LogP contribution in [-0.2, 0) is 17.8 Å². The summed E-state index contributed by atoms with van der Waals surface area (Å²) in [7, 11) is 1.21. The van der Waals surface area contributed by atoms with Gasteiger partial charge < -0.3 is 9.47 Å². The summed E-state index contributed by atoms with van der Waals surface area (Å²) in [5, 5.41) is 10.4. The Balaban J connectivity index is 2.16. The molecule has 2 aromatic carbocycles. The second kappa shape index (κ2) is 7.99. The molecule has 0 aliphatic rings. The SMILES string of the molecule is CCc1ccc(OCc2ccccc2N(O)C(=O)OC)c(Br)c1. The number of methoxy groups -OCH3 is 1. The van der Waals surface area contributed by atoms with E-state index >= 15 is 0 Å². The predicted molar refractivity (Wildman–Crippen MR) is 91.0 cm³/mol. The molecule has 1 amide bonds. The molecule has 5 nitrogen and oxygen atoms in total. The molecule has 0 radical (unpaired) electrons. The number of ether oxygens (including phenoxy) is 2. The van der Waals surface area contributed by atoms with E-state index in [4.69, 9.17) is 4.74 Å². The summed E-state index contributed by atoms with van der Waals surface area (Å²) in [6.07, 6.45) is 0.0891. The van der Waals surface area contributed by atoms with Gasteiger partial charge in [0.1, 0.15) is 12.4 Å². The number of hydroxylamine groups is 1. The Bertz CT molecular complexity index is 690. The second-order valence-corrected chi connectivity index (χ2v) is 5.67. The molecule has 0 heterocycles. The average Bonchev–Trinajstić information content (AvgIpc) is 2.59. The zero-order valence-corrected chi connectivity index (χ0v) is 14.5. The lowest BCUT2D eigenvalue weighted by molar-refractivity contribution is 0.140. The minimum absolute atomic E-state index is 0.203. The molecule has 0 aliphatic carbocycles. The van der Waals surface area contributed by atoms with E-state index in [1.165, 1.54) is 12.7 Å². The number of anilines is 1. The summed E-state index contributed by atoms with van der Waals surface area (Å²) >= 11 is 3.48. The topological polar surface area (TPSA) is 59.0 Å². The maximum atomic E-state index is 11.5. The van der Waals surface area contributed by atoms with E-state index in [1.54, 1.807) is 18.2 Å². The van der Waals surface area contributed by atoms with E-state index in [2.05, 4.69) is 27.6 Å². The average molecular weight is 380 g/mol. The predicted octanol–water partition coefficient (Wildman–Crippen LogP) is 4.55. The van der Waals surface area contributed by atoms with Crippen LogP contribution in [0.25, 0.3) is 0 Å². The molecule has 0 saturated heterocycles. The largest absolute Gasteiger partial charge is 0.488 e. The van der Waals surface area contributed by atoms with Gasteiger partial charge in [-0.1, -0.05) is 31.2 Å². The van der Waals surface area contributed by atoms with E-state index in [-0.39, 0.29) is 6.61 Å². The van der Waals surface area contributed by atoms with Crippen molar-refractivity contribution in [2.75, 3.05) is 12.2 Å². The fraction of sp³-hybridized carbons (Fsp3) is 0.235. The summed E-state index contributed by atoms with van der Waals surface area (Å²) in [6, 6.07) is 12.8. The first-order chi connectivity index (χ1) is 11.1. The van der Waals surface area contributed by atoms with Crippen molar-refractivity contribution in [2.45, 2.75) is 20.0 Å². The van der Waals surface area contributed by atoms with Crippen molar-refractivity contribution < 1.29 is 19.5 Å². The van der Waals surface area contributed by atoms with Gasteiger partial charge in [0, 0.05) is 5.56 Å². The third-order valence-electron chi connectivity index (χ3n) is 3.36. The van der Waals surface area contributed by atoms with Gasteiger partial charge in [-0.15, -0.1) is 0 Å². The first-order valence-corrected chi connectivity index (χ1v) is 7.92.